The molecule has 0 spiro atoms. The molecule has 3 rings (SSSR count). The van der Waals surface area contributed by atoms with Crippen LogP contribution < -0.4 is 5.32 Å². The Morgan fingerprint density at radius 3 is 2.88 bits per heavy atom. The minimum atomic E-state index is -0.466. The summed E-state index contributed by atoms with van der Waals surface area (Å²) in [5.41, 5.74) is 3.30. The van der Waals surface area contributed by atoms with Gasteiger partial charge < -0.3 is 15.3 Å². The van der Waals surface area contributed by atoms with Crippen LogP contribution in [0.1, 0.15) is 29.8 Å². The molecule has 0 aliphatic carbocycles. The molecule has 0 bridgehead atoms. The first-order valence-electron chi connectivity index (χ1n) is 8.34. The van der Waals surface area contributed by atoms with Crippen LogP contribution in [-0.2, 0) is 11.2 Å². The summed E-state index contributed by atoms with van der Waals surface area (Å²) < 4.78 is 0. The molecule has 24 heavy (non-hydrogen) atoms. The number of hydrogen-bond donors (Lipinski definition) is 2. The maximum Gasteiger partial charge on any atom is 0.237 e. The number of aliphatic hydroxyl groups excluding tert-OH is 1. The molecule has 1 aromatic carbocycles. The maximum absolute atomic E-state index is 12.7. The van der Waals surface area contributed by atoms with Crippen LogP contribution in [0, 0.1) is 0 Å². The van der Waals surface area contributed by atoms with Crippen molar-refractivity contribution >= 4 is 5.91 Å². The van der Waals surface area contributed by atoms with E-state index in [-0.39, 0.29) is 18.5 Å². The van der Waals surface area contributed by atoms with Crippen LogP contribution in [0.5, 0.6) is 0 Å². The van der Waals surface area contributed by atoms with Crippen molar-refractivity contribution in [3.63, 3.8) is 0 Å². The van der Waals surface area contributed by atoms with Crippen LogP contribution in [0.25, 0.3) is 0 Å². The zero-order valence-corrected chi connectivity index (χ0v) is 13.9. The number of aliphatic hydroxyl groups is 1. The number of carbonyl (C=O) groups is 1. The summed E-state index contributed by atoms with van der Waals surface area (Å²) in [6, 6.07) is 13.9. The zero-order chi connectivity index (χ0) is 16.9. The van der Waals surface area contributed by atoms with Crippen LogP contribution >= 0.6 is 0 Å². The molecule has 5 heteroatoms. The van der Waals surface area contributed by atoms with Crippen LogP contribution in [0.2, 0.25) is 0 Å². The van der Waals surface area contributed by atoms with Gasteiger partial charge in [-0.25, -0.2) is 0 Å². The average molecular weight is 325 g/mol. The summed E-state index contributed by atoms with van der Waals surface area (Å²) in [4.78, 5) is 19.1. The Morgan fingerprint density at radius 1 is 1.33 bits per heavy atom. The van der Waals surface area contributed by atoms with E-state index >= 15 is 0 Å². The topological polar surface area (TPSA) is 65.5 Å². The smallest absolute Gasteiger partial charge is 0.237 e. The Balaban J connectivity index is 1.87. The van der Waals surface area contributed by atoms with Gasteiger partial charge >= 0.3 is 0 Å². The molecule has 0 radical (unpaired) electrons. The Hall–Kier alpha value is -2.24. The fraction of sp³-hybridized carbons (Fsp3) is 0.368. The molecule has 2 atom stereocenters. The summed E-state index contributed by atoms with van der Waals surface area (Å²) >= 11 is 0. The third-order valence-corrected chi connectivity index (χ3v) is 4.29. The van der Waals surface area contributed by atoms with E-state index in [2.05, 4.69) is 22.4 Å². The van der Waals surface area contributed by atoms with Crippen molar-refractivity contribution in [1.82, 2.24) is 15.2 Å². The third-order valence-electron chi connectivity index (χ3n) is 4.29. The number of rotatable bonds is 5. The van der Waals surface area contributed by atoms with Gasteiger partial charge in [0.2, 0.25) is 5.91 Å². The van der Waals surface area contributed by atoms with Gasteiger partial charge in [0.1, 0.15) is 0 Å². The van der Waals surface area contributed by atoms with Crippen molar-refractivity contribution in [1.29, 1.82) is 0 Å². The Kier molecular flexibility index (Phi) is 5.23. The molecule has 0 saturated heterocycles. The quantitative estimate of drug-likeness (QED) is 0.875. The second kappa shape index (κ2) is 7.55. The predicted octanol–water partition coefficient (Wildman–Crippen LogP) is 1.53. The van der Waals surface area contributed by atoms with E-state index in [0.29, 0.717) is 13.1 Å². The van der Waals surface area contributed by atoms with E-state index in [1.807, 2.05) is 35.2 Å². The van der Waals surface area contributed by atoms with E-state index in [9.17, 15) is 9.90 Å². The van der Waals surface area contributed by atoms with Gasteiger partial charge in [-0.3, -0.25) is 9.78 Å². The lowest BCUT2D eigenvalue weighted by Gasteiger charge is -2.37. The molecule has 2 aromatic rings. The summed E-state index contributed by atoms with van der Waals surface area (Å²) in [5, 5.41) is 12.4. The third kappa shape index (κ3) is 3.63. The van der Waals surface area contributed by atoms with Crippen LogP contribution in [0.3, 0.4) is 0 Å². The molecule has 1 aliphatic rings. The van der Waals surface area contributed by atoms with E-state index in [1.165, 1.54) is 5.56 Å². The molecular formula is C19H23N3O2. The van der Waals surface area contributed by atoms with Crippen molar-refractivity contribution in [2.24, 2.45) is 0 Å². The first kappa shape index (κ1) is 16.6. The predicted molar refractivity (Wildman–Crippen MR) is 92.5 cm³/mol. The molecule has 2 N–H and O–H groups in total. The molecule has 0 fully saturated rings. The number of carbonyl (C=O) groups excluding carboxylic acids is 1. The highest BCUT2D eigenvalue weighted by molar-refractivity contribution is 5.79. The SMILES string of the molecule is CC(O)CNCC(=O)N1CCc2ccccc2C1c1ccccn1. The molecule has 1 aliphatic heterocycles. The monoisotopic (exact) mass is 325 g/mol. The summed E-state index contributed by atoms with van der Waals surface area (Å²) in [7, 11) is 0. The van der Waals surface area contributed by atoms with Gasteiger partial charge in [0.25, 0.3) is 0 Å². The number of pyridine rings is 1. The molecule has 2 heterocycles. The van der Waals surface area contributed by atoms with Crippen molar-refractivity contribution in [2.45, 2.75) is 25.5 Å². The number of nitrogens with zero attached hydrogens (tertiary/aromatic N) is 2. The summed E-state index contributed by atoms with van der Waals surface area (Å²) in [6.07, 6.45) is 2.15. The Morgan fingerprint density at radius 2 is 2.12 bits per heavy atom. The molecule has 5 nitrogen and oxygen atoms in total. The van der Waals surface area contributed by atoms with Crippen LogP contribution in [0.4, 0.5) is 0 Å². The highest BCUT2D eigenvalue weighted by Gasteiger charge is 2.32. The van der Waals surface area contributed by atoms with E-state index in [4.69, 9.17) is 0 Å². The van der Waals surface area contributed by atoms with Gasteiger partial charge in [0, 0.05) is 19.3 Å². The number of fused-ring (bicyclic) bond motifs is 1. The van der Waals surface area contributed by atoms with Crippen molar-refractivity contribution in [2.75, 3.05) is 19.6 Å². The number of amides is 1. The van der Waals surface area contributed by atoms with E-state index in [1.54, 1.807) is 13.1 Å². The minimum Gasteiger partial charge on any atom is -0.392 e. The average Bonchev–Trinajstić information content (AvgIpc) is 2.61. The largest absolute Gasteiger partial charge is 0.392 e. The lowest BCUT2D eigenvalue weighted by molar-refractivity contribution is -0.132. The first-order valence-corrected chi connectivity index (χ1v) is 8.34. The molecule has 126 valence electrons. The van der Waals surface area contributed by atoms with Gasteiger partial charge in [-0.15, -0.1) is 0 Å². The molecule has 1 aromatic heterocycles. The summed E-state index contributed by atoms with van der Waals surface area (Å²) in [5.74, 6) is 0.0285. The Bertz CT molecular complexity index is 688. The van der Waals surface area contributed by atoms with Crippen LogP contribution in [-0.4, -0.2) is 46.6 Å². The molecular weight excluding hydrogens is 302 g/mol. The van der Waals surface area contributed by atoms with Gasteiger partial charge in [0.15, 0.2) is 0 Å². The number of benzene rings is 1. The van der Waals surface area contributed by atoms with Crippen molar-refractivity contribution in [3.05, 3.63) is 65.5 Å². The fourth-order valence-electron chi connectivity index (χ4n) is 3.18. The standard InChI is InChI=1S/C19H23N3O2/c1-14(23)12-20-13-18(24)22-11-9-15-6-2-3-7-16(15)19(22)17-8-4-5-10-21-17/h2-8,10,14,19-20,23H,9,11-13H2,1H3. The van der Waals surface area contributed by atoms with E-state index < -0.39 is 6.10 Å². The van der Waals surface area contributed by atoms with Crippen molar-refractivity contribution < 1.29 is 9.90 Å². The maximum atomic E-state index is 12.7. The normalized spacial score (nSPS) is 18.1. The molecule has 1 amide bonds. The van der Waals surface area contributed by atoms with Gasteiger partial charge in [-0.1, -0.05) is 30.3 Å². The summed E-state index contributed by atoms with van der Waals surface area (Å²) in [6.45, 7) is 3.00. The highest BCUT2D eigenvalue weighted by Crippen LogP contribution is 2.33. The van der Waals surface area contributed by atoms with Crippen molar-refractivity contribution in [3.8, 4) is 0 Å². The number of hydrogen-bond acceptors (Lipinski definition) is 4. The molecule has 2 unspecified atom stereocenters. The van der Waals surface area contributed by atoms with Gasteiger partial charge in [-0.05, 0) is 36.6 Å². The fourth-order valence-corrected chi connectivity index (χ4v) is 3.18. The highest BCUT2D eigenvalue weighted by atomic mass is 16.3. The van der Waals surface area contributed by atoms with Crippen LogP contribution in [0.15, 0.2) is 48.7 Å². The lowest BCUT2D eigenvalue weighted by atomic mass is 9.90. The lowest BCUT2D eigenvalue weighted by Crippen LogP contribution is -2.45. The Labute approximate surface area is 142 Å². The minimum absolute atomic E-state index is 0.0285. The van der Waals surface area contributed by atoms with Gasteiger partial charge in [-0.2, -0.15) is 0 Å². The number of aromatic nitrogens is 1. The molecule has 0 saturated carbocycles. The first-order chi connectivity index (χ1) is 11.7. The number of nitrogens with one attached hydrogen (secondary N) is 1. The van der Waals surface area contributed by atoms with E-state index in [0.717, 1.165) is 17.7 Å². The van der Waals surface area contributed by atoms with Gasteiger partial charge in [0.05, 0.1) is 24.4 Å². The second-order valence-electron chi connectivity index (χ2n) is 6.17. The second-order valence-corrected chi connectivity index (χ2v) is 6.17. The zero-order valence-electron chi connectivity index (χ0n) is 13.9.